The molecule has 0 amide bonds. The zero-order valence-electron chi connectivity index (χ0n) is 12.3. The molecule has 0 bridgehead atoms. The minimum Gasteiger partial charge on any atom is -0.340 e. The van der Waals surface area contributed by atoms with E-state index in [0.29, 0.717) is 32.9 Å². The predicted octanol–water partition coefficient (Wildman–Crippen LogP) is 5.14. The molecule has 5 nitrogen and oxygen atoms in total. The van der Waals surface area contributed by atoms with Crippen LogP contribution in [0, 0.1) is 11.3 Å². The van der Waals surface area contributed by atoms with Gasteiger partial charge in [0.05, 0.1) is 27.4 Å². The molecule has 3 rings (SSSR count). The van der Waals surface area contributed by atoms with Gasteiger partial charge in [-0.1, -0.05) is 35.3 Å². The lowest BCUT2D eigenvalue weighted by molar-refractivity contribution is 1.17. The summed E-state index contributed by atoms with van der Waals surface area (Å²) in [6.07, 6.45) is 1.43. The van der Waals surface area contributed by atoms with E-state index in [1.807, 2.05) is 6.07 Å². The van der Waals surface area contributed by atoms with Gasteiger partial charge in [-0.05, 0) is 30.3 Å². The summed E-state index contributed by atoms with van der Waals surface area (Å²) in [5, 5.41) is 16.1. The largest absolute Gasteiger partial charge is 0.340 e. The van der Waals surface area contributed by atoms with Gasteiger partial charge in [-0.3, -0.25) is 0 Å². The van der Waals surface area contributed by atoms with Crippen LogP contribution in [0.4, 0.5) is 23.0 Å². The fraction of sp³-hybridized carbons (Fsp3) is 0. The number of rotatable bonds is 4. The van der Waals surface area contributed by atoms with Crippen molar-refractivity contribution < 1.29 is 0 Å². The monoisotopic (exact) mass is 355 g/mol. The normalized spacial score (nSPS) is 10.0. The van der Waals surface area contributed by atoms with Crippen LogP contribution in [0.5, 0.6) is 0 Å². The molecule has 0 aliphatic heterocycles. The zero-order valence-corrected chi connectivity index (χ0v) is 13.8. The fourth-order valence-electron chi connectivity index (χ4n) is 2.05. The summed E-state index contributed by atoms with van der Waals surface area (Å²) in [6.45, 7) is 0. The summed E-state index contributed by atoms with van der Waals surface area (Å²) >= 11 is 12.2. The van der Waals surface area contributed by atoms with Gasteiger partial charge in [0, 0.05) is 11.8 Å². The van der Waals surface area contributed by atoms with Gasteiger partial charge in [0.15, 0.2) is 0 Å². The van der Waals surface area contributed by atoms with Gasteiger partial charge >= 0.3 is 0 Å². The molecule has 24 heavy (non-hydrogen) atoms. The number of nitriles is 1. The highest BCUT2D eigenvalue weighted by Crippen LogP contribution is 2.31. The van der Waals surface area contributed by atoms with Crippen LogP contribution in [0.2, 0.25) is 10.0 Å². The van der Waals surface area contributed by atoms with Crippen molar-refractivity contribution in [3.05, 3.63) is 70.5 Å². The number of anilines is 4. The molecule has 0 aliphatic carbocycles. The highest BCUT2D eigenvalue weighted by Gasteiger charge is 2.06. The Balaban J connectivity index is 1.81. The summed E-state index contributed by atoms with van der Waals surface area (Å²) < 4.78 is 0. The van der Waals surface area contributed by atoms with Crippen molar-refractivity contribution in [1.82, 2.24) is 9.97 Å². The SMILES string of the molecule is N#Cc1cccc(Nc2cc(Nc3cccc(Cl)c3Cl)ncn2)c1. The summed E-state index contributed by atoms with van der Waals surface area (Å²) in [5.74, 6) is 1.15. The maximum absolute atomic E-state index is 8.95. The standard InChI is InChI=1S/C17H11Cl2N5/c18-13-5-2-6-14(17(13)19)24-16-8-15(21-10-22-16)23-12-4-1-3-11(7-12)9-20/h1-8,10H,(H2,21,22,23,24). The molecule has 2 aromatic carbocycles. The van der Waals surface area contributed by atoms with E-state index >= 15 is 0 Å². The molecule has 0 saturated heterocycles. The van der Waals surface area contributed by atoms with Gasteiger partial charge in [-0.25, -0.2) is 9.97 Å². The Bertz CT molecular complexity index is 921. The van der Waals surface area contributed by atoms with Crippen LogP contribution in [0.25, 0.3) is 0 Å². The quantitative estimate of drug-likeness (QED) is 0.677. The highest BCUT2D eigenvalue weighted by molar-refractivity contribution is 6.43. The first kappa shape index (κ1) is 16.1. The summed E-state index contributed by atoms with van der Waals surface area (Å²) in [6, 6.07) is 16.3. The van der Waals surface area contributed by atoms with Gasteiger partial charge < -0.3 is 10.6 Å². The Hall–Kier alpha value is -2.81. The van der Waals surface area contributed by atoms with E-state index in [1.54, 1.807) is 42.5 Å². The van der Waals surface area contributed by atoms with Gasteiger partial charge in [0.1, 0.15) is 18.0 Å². The van der Waals surface area contributed by atoms with Gasteiger partial charge in [-0.2, -0.15) is 5.26 Å². The number of nitrogens with zero attached hydrogens (tertiary/aromatic N) is 3. The van der Waals surface area contributed by atoms with Gasteiger partial charge in [0.2, 0.25) is 0 Å². The Morgan fingerprint density at radius 2 is 1.67 bits per heavy atom. The first-order chi connectivity index (χ1) is 11.7. The lowest BCUT2D eigenvalue weighted by Crippen LogP contribution is -1.99. The molecule has 0 saturated carbocycles. The van der Waals surface area contributed by atoms with E-state index in [9.17, 15) is 0 Å². The third kappa shape index (κ3) is 3.74. The van der Waals surface area contributed by atoms with Gasteiger partial charge in [0.25, 0.3) is 0 Å². The first-order valence-electron chi connectivity index (χ1n) is 6.96. The van der Waals surface area contributed by atoms with Crippen molar-refractivity contribution >= 4 is 46.2 Å². The fourth-order valence-corrected chi connectivity index (χ4v) is 2.39. The first-order valence-corrected chi connectivity index (χ1v) is 7.71. The number of aromatic nitrogens is 2. The molecule has 1 heterocycles. The smallest absolute Gasteiger partial charge is 0.135 e. The topological polar surface area (TPSA) is 73.6 Å². The van der Waals surface area contributed by atoms with Crippen LogP contribution in [0.15, 0.2) is 54.9 Å². The molecular weight excluding hydrogens is 345 g/mol. The third-order valence-corrected chi connectivity index (χ3v) is 3.96. The molecule has 2 N–H and O–H groups in total. The number of hydrogen-bond donors (Lipinski definition) is 2. The molecule has 1 aromatic heterocycles. The average Bonchev–Trinajstić information content (AvgIpc) is 2.59. The molecular formula is C17H11Cl2N5. The highest BCUT2D eigenvalue weighted by atomic mass is 35.5. The van der Waals surface area contributed by atoms with E-state index in [0.717, 1.165) is 5.69 Å². The Morgan fingerprint density at radius 1 is 0.917 bits per heavy atom. The second-order valence-corrected chi connectivity index (χ2v) is 5.62. The summed E-state index contributed by atoms with van der Waals surface area (Å²) in [5.41, 5.74) is 1.98. The Morgan fingerprint density at radius 3 is 2.46 bits per heavy atom. The molecule has 0 atom stereocenters. The van der Waals surface area contributed by atoms with E-state index in [4.69, 9.17) is 28.5 Å². The molecule has 118 valence electrons. The third-order valence-electron chi connectivity index (χ3n) is 3.15. The molecule has 0 spiro atoms. The number of hydrogen-bond acceptors (Lipinski definition) is 5. The summed E-state index contributed by atoms with van der Waals surface area (Å²) in [4.78, 5) is 8.33. The van der Waals surface area contributed by atoms with Crippen molar-refractivity contribution in [2.45, 2.75) is 0 Å². The Kier molecular flexibility index (Phi) is 4.80. The molecule has 7 heteroatoms. The molecule has 3 aromatic rings. The van der Waals surface area contributed by atoms with E-state index in [1.165, 1.54) is 6.33 Å². The minimum absolute atomic E-state index is 0.425. The van der Waals surface area contributed by atoms with Crippen LogP contribution in [0.3, 0.4) is 0 Å². The molecule has 0 fully saturated rings. The van der Waals surface area contributed by atoms with Crippen LogP contribution in [-0.2, 0) is 0 Å². The maximum atomic E-state index is 8.95. The zero-order chi connectivity index (χ0) is 16.9. The van der Waals surface area contributed by atoms with E-state index in [2.05, 4.69) is 26.7 Å². The molecule has 0 radical (unpaired) electrons. The number of halogens is 2. The summed E-state index contributed by atoms with van der Waals surface area (Å²) in [7, 11) is 0. The maximum Gasteiger partial charge on any atom is 0.135 e. The lowest BCUT2D eigenvalue weighted by atomic mass is 10.2. The van der Waals surface area contributed by atoms with Crippen LogP contribution in [-0.4, -0.2) is 9.97 Å². The molecule has 0 aliphatic rings. The van der Waals surface area contributed by atoms with Crippen molar-refractivity contribution in [3.8, 4) is 6.07 Å². The van der Waals surface area contributed by atoms with Crippen molar-refractivity contribution in [2.24, 2.45) is 0 Å². The van der Waals surface area contributed by atoms with Gasteiger partial charge in [-0.15, -0.1) is 0 Å². The predicted molar refractivity (Wildman–Crippen MR) is 96.2 cm³/mol. The average molecular weight is 356 g/mol. The number of nitrogens with one attached hydrogen (secondary N) is 2. The second kappa shape index (κ2) is 7.18. The van der Waals surface area contributed by atoms with Crippen LogP contribution in [0.1, 0.15) is 5.56 Å². The van der Waals surface area contributed by atoms with Crippen LogP contribution < -0.4 is 10.6 Å². The minimum atomic E-state index is 0.425. The second-order valence-electron chi connectivity index (χ2n) is 4.83. The van der Waals surface area contributed by atoms with Crippen molar-refractivity contribution in [1.29, 1.82) is 5.26 Å². The Labute approximate surface area is 148 Å². The van der Waals surface area contributed by atoms with E-state index < -0.39 is 0 Å². The van der Waals surface area contributed by atoms with Crippen molar-refractivity contribution in [2.75, 3.05) is 10.6 Å². The lowest BCUT2D eigenvalue weighted by Gasteiger charge is -2.10. The van der Waals surface area contributed by atoms with Crippen LogP contribution >= 0.6 is 23.2 Å². The molecule has 0 unspecified atom stereocenters. The van der Waals surface area contributed by atoms with Crippen molar-refractivity contribution in [3.63, 3.8) is 0 Å². The number of benzene rings is 2. The van der Waals surface area contributed by atoms with E-state index in [-0.39, 0.29) is 0 Å².